The molecule has 2 aromatic rings. The third-order valence-corrected chi connectivity index (χ3v) is 5.48. The maximum absolute atomic E-state index is 6.00. The Balaban J connectivity index is 0.00000240. The molecule has 2 aliphatic heterocycles. The van der Waals surface area contributed by atoms with Crippen LogP contribution in [0.25, 0.3) is 0 Å². The van der Waals surface area contributed by atoms with Crippen molar-refractivity contribution in [3.05, 3.63) is 65.2 Å². The molecule has 0 spiro atoms. The van der Waals surface area contributed by atoms with Crippen LogP contribution >= 0.6 is 24.0 Å². The molecule has 1 N–H and O–H groups in total. The van der Waals surface area contributed by atoms with Crippen LogP contribution in [0.2, 0.25) is 0 Å². The fraction of sp³-hybridized carbons (Fsp3) is 0.435. The molecule has 0 bridgehead atoms. The monoisotopic (exact) mass is 507 g/mol. The molecule has 4 rings (SSSR count). The summed E-state index contributed by atoms with van der Waals surface area (Å²) >= 11 is 0. The van der Waals surface area contributed by atoms with E-state index in [4.69, 9.17) is 9.47 Å². The first-order chi connectivity index (χ1) is 13.8. The van der Waals surface area contributed by atoms with Crippen LogP contribution in [0.3, 0.4) is 0 Å². The highest BCUT2D eigenvalue weighted by Crippen LogP contribution is 2.27. The molecule has 5 nitrogen and oxygen atoms in total. The number of nitrogens with zero attached hydrogens (tertiary/aromatic N) is 2. The minimum absolute atomic E-state index is 0. The largest absolute Gasteiger partial charge is 0.381 e. The number of hydrogen-bond acceptors (Lipinski definition) is 3. The number of nitrogens with one attached hydrogen (secondary N) is 1. The molecule has 0 unspecified atom stereocenters. The van der Waals surface area contributed by atoms with E-state index in [1.54, 1.807) is 0 Å². The molecule has 1 fully saturated rings. The third kappa shape index (κ3) is 5.71. The Morgan fingerprint density at radius 2 is 1.83 bits per heavy atom. The first-order valence-electron chi connectivity index (χ1n) is 10.2. The van der Waals surface area contributed by atoms with Crippen LogP contribution in [0.4, 0.5) is 5.69 Å². The van der Waals surface area contributed by atoms with Gasteiger partial charge >= 0.3 is 0 Å². The lowest BCUT2D eigenvalue weighted by atomic mass is 10.1. The number of anilines is 1. The Hall–Kier alpha value is -1.64. The third-order valence-electron chi connectivity index (χ3n) is 5.48. The fourth-order valence-electron chi connectivity index (χ4n) is 3.84. The molecule has 0 aromatic heterocycles. The van der Waals surface area contributed by atoms with Gasteiger partial charge in [-0.05, 0) is 42.0 Å². The van der Waals surface area contributed by atoms with Crippen molar-refractivity contribution in [2.75, 3.05) is 31.7 Å². The van der Waals surface area contributed by atoms with Gasteiger partial charge in [0.05, 0.1) is 12.7 Å². The molecular weight excluding hydrogens is 477 g/mol. The van der Waals surface area contributed by atoms with Gasteiger partial charge in [0.15, 0.2) is 5.96 Å². The first-order valence-corrected chi connectivity index (χ1v) is 10.2. The summed E-state index contributed by atoms with van der Waals surface area (Å²) in [7, 11) is 1.85. The fourth-order valence-corrected chi connectivity index (χ4v) is 3.84. The Morgan fingerprint density at radius 3 is 2.59 bits per heavy atom. The second-order valence-corrected chi connectivity index (χ2v) is 7.37. The summed E-state index contributed by atoms with van der Waals surface area (Å²) in [6.45, 7) is 4.04. The molecule has 2 aromatic carbocycles. The molecule has 0 aliphatic carbocycles. The van der Waals surface area contributed by atoms with Gasteiger partial charge in [-0.2, -0.15) is 0 Å². The number of benzene rings is 2. The van der Waals surface area contributed by atoms with Crippen LogP contribution in [0.5, 0.6) is 0 Å². The van der Waals surface area contributed by atoms with Crippen molar-refractivity contribution in [2.45, 2.75) is 38.5 Å². The van der Waals surface area contributed by atoms with Crippen molar-refractivity contribution >= 4 is 35.6 Å². The summed E-state index contributed by atoms with van der Waals surface area (Å²) in [6, 6.07) is 17.2. The van der Waals surface area contributed by atoms with Gasteiger partial charge in [0.1, 0.15) is 0 Å². The van der Waals surface area contributed by atoms with Gasteiger partial charge in [0, 0.05) is 39.0 Å². The Morgan fingerprint density at radius 1 is 1.10 bits per heavy atom. The summed E-state index contributed by atoms with van der Waals surface area (Å²) in [5.74, 6) is 0.928. The van der Waals surface area contributed by atoms with E-state index in [2.05, 4.69) is 63.7 Å². The molecule has 1 saturated heterocycles. The number of halogens is 1. The highest BCUT2D eigenvalue weighted by atomic mass is 127. The lowest BCUT2D eigenvalue weighted by molar-refractivity contribution is -0.0390. The first kappa shape index (κ1) is 22.1. The van der Waals surface area contributed by atoms with E-state index >= 15 is 0 Å². The number of ether oxygens (including phenoxy) is 2. The van der Waals surface area contributed by atoms with E-state index in [-0.39, 0.29) is 24.0 Å². The van der Waals surface area contributed by atoms with E-state index in [9.17, 15) is 0 Å². The molecule has 0 saturated carbocycles. The summed E-state index contributed by atoms with van der Waals surface area (Å²) in [6.07, 6.45) is 3.40. The SMILES string of the molecule is CN=C(NCc1ccc(COC2CCOCC2)cc1)N1CCc2ccccc21.I. The maximum Gasteiger partial charge on any atom is 0.198 e. The minimum atomic E-state index is 0. The van der Waals surface area contributed by atoms with E-state index in [1.165, 1.54) is 22.4 Å². The average molecular weight is 507 g/mol. The van der Waals surface area contributed by atoms with Crippen LogP contribution in [0.1, 0.15) is 29.5 Å². The second kappa shape index (κ2) is 10.9. The van der Waals surface area contributed by atoms with Gasteiger partial charge < -0.3 is 19.7 Å². The second-order valence-electron chi connectivity index (χ2n) is 7.37. The lowest BCUT2D eigenvalue weighted by Crippen LogP contribution is -2.40. The summed E-state index contributed by atoms with van der Waals surface area (Å²) in [5, 5.41) is 3.50. The van der Waals surface area contributed by atoms with Crippen molar-refractivity contribution < 1.29 is 9.47 Å². The van der Waals surface area contributed by atoms with E-state index in [1.807, 2.05) is 7.05 Å². The molecule has 2 aliphatic rings. The van der Waals surface area contributed by atoms with E-state index < -0.39 is 0 Å². The van der Waals surface area contributed by atoms with Crippen LogP contribution < -0.4 is 10.2 Å². The number of rotatable bonds is 5. The van der Waals surface area contributed by atoms with Crippen LogP contribution in [-0.2, 0) is 29.0 Å². The lowest BCUT2D eigenvalue weighted by Gasteiger charge is -2.23. The van der Waals surface area contributed by atoms with Gasteiger partial charge in [-0.25, -0.2) is 0 Å². The van der Waals surface area contributed by atoms with Crippen molar-refractivity contribution in [3.63, 3.8) is 0 Å². The predicted molar refractivity (Wildman–Crippen MR) is 128 cm³/mol. The highest BCUT2D eigenvalue weighted by Gasteiger charge is 2.22. The molecule has 6 heteroatoms. The van der Waals surface area contributed by atoms with Crippen molar-refractivity contribution in [1.29, 1.82) is 0 Å². The van der Waals surface area contributed by atoms with Gasteiger partial charge in [-0.1, -0.05) is 42.5 Å². The minimum Gasteiger partial charge on any atom is -0.381 e. The van der Waals surface area contributed by atoms with Gasteiger partial charge in [-0.15, -0.1) is 24.0 Å². The average Bonchev–Trinajstić information content (AvgIpc) is 3.18. The zero-order chi connectivity index (χ0) is 19.2. The quantitative estimate of drug-likeness (QED) is 0.376. The highest BCUT2D eigenvalue weighted by molar-refractivity contribution is 14.0. The molecule has 29 heavy (non-hydrogen) atoms. The zero-order valence-corrected chi connectivity index (χ0v) is 19.3. The summed E-state index contributed by atoms with van der Waals surface area (Å²) in [5.41, 5.74) is 5.10. The summed E-state index contributed by atoms with van der Waals surface area (Å²) < 4.78 is 11.4. The van der Waals surface area contributed by atoms with Crippen LogP contribution in [0.15, 0.2) is 53.5 Å². The smallest absolute Gasteiger partial charge is 0.198 e. The molecular formula is C23H30IN3O2. The zero-order valence-electron chi connectivity index (χ0n) is 17.0. The summed E-state index contributed by atoms with van der Waals surface area (Å²) in [4.78, 5) is 6.75. The topological polar surface area (TPSA) is 46.1 Å². The molecule has 0 radical (unpaired) electrons. The standard InChI is InChI=1S/C23H29N3O2.HI/c1-24-23(26-13-10-20-4-2-3-5-22(20)26)25-16-18-6-8-19(9-7-18)17-28-21-11-14-27-15-12-21;/h2-9,21H,10-17H2,1H3,(H,24,25);1H. The number of fused-ring (bicyclic) bond motifs is 1. The number of hydrogen-bond donors (Lipinski definition) is 1. The van der Waals surface area contributed by atoms with Crippen molar-refractivity contribution in [3.8, 4) is 0 Å². The number of guanidine groups is 1. The van der Waals surface area contributed by atoms with Gasteiger partial charge in [-0.3, -0.25) is 4.99 Å². The number of para-hydroxylation sites is 1. The molecule has 0 amide bonds. The molecule has 0 atom stereocenters. The molecule has 156 valence electrons. The maximum atomic E-state index is 6.00. The van der Waals surface area contributed by atoms with Gasteiger partial charge in [0.25, 0.3) is 0 Å². The Kier molecular flexibility index (Phi) is 8.32. The van der Waals surface area contributed by atoms with Crippen LogP contribution in [-0.4, -0.2) is 38.9 Å². The van der Waals surface area contributed by atoms with Crippen LogP contribution in [0, 0.1) is 0 Å². The normalized spacial score (nSPS) is 17.0. The number of aliphatic imine (C=N–C) groups is 1. The van der Waals surface area contributed by atoms with Crippen molar-refractivity contribution in [1.82, 2.24) is 5.32 Å². The Labute approximate surface area is 190 Å². The Bertz CT molecular complexity index is 804. The van der Waals surface area contributed by atoms with Gasteiger partial charge in [0.2, 0.25) is 0 Å². The predicted octanol–water partition coefficient (Wildman–Crippen LogP) is 4.14. The van der Waals surface area contributed by atoms with Crippen molar-refractivity contribution in [2.24, 2.45) is 4.99 Å². The van der Waals surface area contributed by atoms with E-state index in [0.717, 1.165) is 51.5 Å². The van der Waals surface area contributed by atoms with E-state index in [0.29, 0.717) is 12.7 Å². The molecule has 2 heterocycles.